The van der Waals surface area contributed by atoms with Crippen LogP contribution < -0.4 is 4.74 Å². The van der Waals surface area contributed by atoms with Gasteiger partial charge in [0.1, 0.15) is 5.75 Å². The van der Waals surface area contributed by atoms with Crippen molar-refractivity contribution >= 4 is 5.97 Å². The first-order valence-electron chi connectivity index (χ1n) is 16.7. The summed E-state index contributed by atoms with van der Waals surface area (Å²) in [5.74, 6) is 0.200. The van der Waals surface area contributed by atoms with Gasteiger partial charge in [-0.15, -0.1) is 0 Å². The lowest BCUT2D eigenvalue weighted by Crippen LogP contribution is -2.08. The molecule has 3 rings (SSSR count). The Morgan fingerprint density at radius 2 is 1.10 bits per heavy atom. The molecule has 3 aromatic carbocycles. The van der Waals surface area contributed by atoms with Crippen molar-refractivity contribution in [3.8, 4) is 16.9 Å². The second-order valence-electron chi connectivity index (χ2n) is 11.7. The number of carbonyl (C=O) groups is 1. The van der Waals surface area contributed by atoms with Crippen molar-refractivity contribution in [2.45, 2.75) is 123 Å². The Morgan fingerprint density at radius 1 is 0.595 bits per heavy atom. The first-order valence-corrected chi connectivity index (χ1v) is 16.7. The van der Waals surface area contributed by atoms with Crippen molar-refractivity contribution in [3.05, 3.63) is 89.5 Å². The summed E-state index contributed by atoms with van der Waals surface area (Å²) in [4.78, 5) is 12.8. The van der Waals surface area contributed by atoms with Crippen LogP contribution in [0.3, 0.4) is 0 Å². The van der Waals surface area contributed by atoms with Crippen LogP contribution in [0.2, 0.25) is 0 Å². The number of hydrogen-bond donors (Lipinski definition) is 0. The molecule has 0 saturated carbocycles. The average Bonchev–Trinajstić information content (AvgIpc) is 3.02. The second kappa shape index (κ2) is 20.1. The second-order valence-corrected chi connectivity index (χ2v) is 11.7. The van der Waals surface area contributed by atoms with Crippen LogP contribution >= 0.6 is 0 Å². The molecule has 0 saturated heterocycles. The van der Waals surface area contributed by atoms with Crippen LogP contribution in [0.5, 0.6) is 5.75 Å². The predicted molar refractivity (Wildman–Crippen MR) is 177 cm³/mol. The monoisotopic (exact) mass is 570 g/mol. The van der Waals surface area contributed by atoms with Gasteiger partial charge >= 0.3 is 5.97 Å². The van der Waals surface area contributed by atoms with Crippen molar-refractivity contribution in [2.75, 3.05) is 6.61 Å². The van der Waals surface area contributed by atoms with Crippen LogP contribution in [-0.2, 0) is 11.2 Å². The molecule has 3 nitrogen and oxygen atoms in total. The zero-order valence-corrected chi connectivity index (χ0v) is 26.5. The zero-order valence-electron chi connectivity index (χ0n) is 26.5. The van der Waals surface area contributed by atoms with Crippen LogP contribution in [0.25, 0.3) is 11.1 Å². The standard InChI is InChI=1S/C39H54O3/c1-4-6-8-10-11-12-13-14-15-17-31-41-32(3)34-27-29-38(30-28-34)42-39(40)37-25-23-36(24-26-37)35-21-19-33(20-22-35)18-16-9-7-5-2/h19-30,32H,4-18,31H2,1-3H3. The van der Waals surface area contributed by atoms with Crippen LogP contribution in [0.4, 0.5) is 0 Å². The molecule has 0 amide bonds. The summed E-state index contributed by atoms with van der Waals surface area (Å²) in [6.07, 6.45) is 19.5. The van der Waals surface area contributed by atoms with Gasteiger partial charge in [-0.25, -0.2) is 4.79 Å². The fourth-order valence-electron chi connectivity index (χ4n) is 5.34. The molecule has 0 heterocycles. The number of aryl methyl sites for hydroxylation is 1. The summed E-state index contributed by atoms with van der Waals surface area (Å²) in [6.45, 7) is 7.38. The Bertz CT molecular complexity index is 1120. The maximum atomic E-state index is 12.8. The molecule has 0 aliphatic rings. The third-order valence-electron chi connectivity index (χ3n) is 8.15. The summed E-state index contributed by atoms with van der Waals surface area (Å²) < 4.78 is 11.7. The number of esters is 1. The highest BCUT2D eigenvalue weighted by atomic mass is 16.5. The molecule has 0 N–H and O–H groups in total. The maximum Gasteiger partial charge on any atom is 0.343 e. The van der Waals surface area contributed by atoms with E-state index in [9.17, 15) is 4.79 Å². The summed E-state index contributed by atoms with van der Waals surface area (Å²) in [7, 11) is 0. The minimum atomic E-state index is -0.345. The van der Waals surface area contributed by atoms with E-state index in [0.717, 1.165) is 36.1 Å². The van der Waals surface area contributed by atoms with Crippen LogP contribution in [0.1, 0.15) is 138 Å². The molecule has 1 atom stereocenters. The molecule has 42 heavy (non-hydrogen) atoms. The van der Waals surface area contributed by atoms with Crippen LogP contribution in [0.15, 0.2) is 72.8 Å². The summed E-state index contributed by atoms with van der Waals surface area (Å²) in [5, 5.41) is 0. The minimum Gasteiger partial charge on any atom is -0.423 e. The average molecular weight is 571 g/mol. The quantitative estimate of drug-likeness (QED) is 0.0726. The number of ether oxygens (including phenoxy) is 2. The van der Waals surface area contributed by atoms with Crippen LogP contribution in [0, 0.1) is 0 Å². The van der Waals surface area contributed by atoms with Crippen molar-refractivity contribution in [2.24, 2.45) is 0 Å². The van der Waals surface area contributed by atoms with E-state index in [-0.39, 0.29) is 12.1 Å². The summed E-state index contributed by atoms with van der Waals surface area (Å²) >= 11 is 0. The number of unbranched alkanes of at least 4 members (excludes halogenated alkanes) is 12. The Hall–Kier alpha value is -2.91. The highest BCUT2D eigenvalue weighted by Gasteiger charge is 2.11. The highest BCUT2D eigenvalue weighted by molar-refractivity contribution is 5.91. The molecule has 0 radical (unpaired) electrons. The van der Waals surface area contributed by atoms with E-state index in [0.29, 0.717) is 11.3 Å². The lowest BCUT2D eigenvalue weighted by Gasteiger charge is -2.14. The van der Waals surface area contributed by atoms with E-state index in [1.165, 1.54) is 89.0 Å². The Balaban J connectivity index is 1.35. The van der Waals surface area contributed by atoms with Gasteiger partial charge in [0.15, 0.2) is 0 Å². The molecular weight excluding hydrogens is 516 g/mol. The molecule has 0 aliphatic carbocycles. The summed E-state index contributed by atoms with van der Waals surface area (Å²) in [5.41, 5.74) is 5.28. The summed E-state index contributed by atoms with van der Waals surface area (Å²) in [6, 6.07) is 24.1. The third kappa shape index (κ3) is 12.5. The zero-order chi connectivity index (χ0) is 29.8. The van der Waals surface area contributed by atoms with Gasteiger partial charge < -0.3 is 9.47 Å². The minimum absolute atomic E-state index is 0.0241. The molecule has 228 valence electrons. The van der Waals surface area contributed by atoms with Gasteiger partial charge in [-0.05, 0) is 72.7 Å². The SMILES string of the molecule is CCCCCCCCCCCCOC(C)c1ccc(OC(=O)c2ccc(-c3ccc(CCCCCC)cc3)cc2)cc1. The van der Waals surface area contributed by atoms with E-state index in [1.54, 1.807) is 0 Å². The van der Waals surface area contributed by atoms with Crippen molar-refractivity contribution < 1.29 is 14.3 Å². The largest absolute Gasteiger partial charge is 0.423 e. The smallest absolute Gasteiger partial charge is 0.343 e. The number of carbonyl (C=O) groups excluding carboxylic acids is 1. The fourth-order valence-corrected chi connectivity index (χ4v) is 5.34. The van der Waals surface area contributed by atoms with Gasteiger partial charge in [-0.2, -0.15) is 0 Å². The van der Waals surface area contributed by atoms with Gasteiger partial charge in [-0.1, -0.05) is 139 Å². The van der Waals surface area contributed by atoms with E-state index in [1.807, 2.05) is 48.5 Å². The van der Waals surface area contributed by atoms with Gasteiger partial charge in [0, 0.05) is 6.61 Å². The topological polar surface area (TPSA) is 35.5 Å². The number of rotatable bonds is 21. The molecule has 1 unspecified atom stereocenters. The molecule has 0 aromatic heterocycles. The Morgan fingerprint density at radius 3 is 1.67 bits per heavy atom. The van der Waals surface area contributed by atoms with Crippen LogP contribution in [-0.4, -0.2) is 12.6 Å². The predicted octanol–water partition coefficient (Wildman–Crippen LogP) is 11.7. The van der Waals surface area contributed by atoms with Crippen molar-refractivity contribution in [1.29, 1.82) is 0 Å². The maximum absolute atomic E-state index is 12.8. The molecular formula is C39H54O3. The highest BCUT2D eigenvalue weighted by Crippen LogP contribution is 2.24. The Kier molecular flexibility index (Phi) is 16.1. The van der Waals surface area contributed by atoms with Gasteiger partial charge in [0.05, 0.1) is 11.7 Å². The molecule has 0 fully saturated rings. The number of benzene rings is 3. The van der Waals surface area contributed by atoms with Crippen molar-refractivity contribution in [3.63, 3.8) is 0 Å². The van der Waals surface area contributed by atoms with Gasteiger partial charge in [-0.3, -0.25) is 0 Å². The Labute approximate surface area is 256 Å². The van der Waals surface area contributed by atoms with Gasteiger partial charge in [0.25, 0.3) is 0 Å². The van der Waals surface area contributed by atoms with E-state index in [2.05, 4.69) is 45.0 Å². The third-order valence-corrected chi connectivity index (χ3v) is 8.15. The molecule has 3 heteroatoms. The molecule has 0 aliphatic heterocycles. The number of hydrogen-bond acceptors (Lipinski definition) is 3. The lowest BCUT2D eigenvalue weighted by atomic mass is 10.0. The van der Waals surface area contributed by atoms with E-state index in [4.69, 9.17) is 9.47 Å². The normalized spacial score (nSPS) is 11.9. The van der Waals surface area contributed by atoms with Gasteiger partial charge in [0.2, 0.25) is 0 Å². The molecule has 0 bridgehead atoms. The molecule has 0 spiro atoms. The lowest BCUT2D eigenvalue weighted by molar-refractivity contribution is 0.0627. The molecule has 3 aromatic rings. The van der Waals surface area contributed by atoms with E-state index < -0.39 is 0 Å². The first-order chi connectivity index (χ1) is 20.6. The van der Waals surface area contributed by atoms with Crippen molar-refractivity contribution in [1.82, 2.24) is 0 Å². The fraction of sp³-hybridized carbons (Fsp3) is 0.513. The first kappa shape index (κ1) is 33.6. The van der Waals surface area contributed by atoms with E-state index >= 15 is 0 Å².